The fourth-order valence-electron chi connectivity index (χ4n) is 2.28. The van der Waals surface area contributed by atoms with Crippen LogP contribution in [0, 0.1) is 0 Å². The average molecular weight is 260 g/mol. The van der Waals surface area contributed by atoms with Gasteiger partial charge in [0.2, 0.25) is 0 Å². The minimum atomic E-state index is 0.569. The lowest BCUT2D eigenvalue weighted by atomic mass is 10.1. The highest BCUT2D eigenvalue weighted by Gasteiger charge is 2.23. The van der Waals surface area contributed by atoms with Crippen molar-refractivity contribution in [1.82, 2.24) is 20.1 Å². The molecule has 2 aromatic rings. The van der Waals surface area contributed by atoms with Gasteiger partial charge in [-0.25, -0.2) is 9.67 Å². The van der Waals surface area contributed by atoms with E-state index in [0.717, 1.165) is 25.3 Å². The Morgan fingerprint density at radius 2 is 2.33 bits per heavy atom. The van der Waals surface area contributed by atoms with Gasteiger partial charge < -0.3 is 5.32 Å². The van der Waals surface area contributed by atoms with Gasteiger partial charge in [0, 0.05) is 10.1 Å². The predicted octanol–water partition coefficient (Wildman–Crippen LogP) is 1.71. The topological polar surface area (TPSA) is 42.7 Å². The summed E-state index contributed by atoms with van der Waals surface area (Å²) in [5.74, 6) is 1.01. The average Bonchev–Trinajstić information content (AvgIpc) is 2.97. The lowest BCUT2D eigenvalue weighted by Gasteiger charge is -2.10. The van der Waals surface area contributed by atoms with E-state index in [1.807, 2.05) is 23.5 Å². The second-order valence-electron chi connectivity index (χ2n) is 4.44. The number of nitrogens with zero attached hydrogens (tertiary/aromatic N) is 3. The summed E-state index contributed by atoms with van der Waals surface area (Å²) >= 11 is 1.95. The first-order valence-corrected chi connectivity index (χ1v) is 7.00. The van der Waals surface area contributed by atoms with Crippen LogP contribution in [0.5, 0.6) is 0 Å². The Bertz CT molecular complexity index is 512. The van der Waals surface area contributed by atoms with Crippen molar-refractivity contribution in [3.8, 4) is 0 Å². The smallest absolute Gasteiger partial charge is 0.140 e. The Balaban J connectivity index is 1.70. The van der Waals surface area contributed by atoms with Gasteiger partial charge >= 0.3 is 0 Å². The van der Waals surface area contributed by atoms with Gasteiger partial charge in [0.25, 0.3) is 0 Å². The third kappa shape index (κ3) is 2.28. The number of aromatic nitrogens is 3. The summed E-state index contributed by atoms with van der Waals surface area (Å²) in [5, 5.41) is 8.00. The lowest BCUT2D eigenvalue weighted by Crippen LogP contribution is -2.19. The zero-order valence-electron chi connectivity index (χ0n) is 10.3. The summed E-state index contributed by atoms with van der Waals surface area (Å²) in [5.41, 5.74) is 1.46. The molecule has 1 aromatic carbocycles. The second kappa shape index (κ2) is 5.12. The highest BCUT2D eigenvalue weighted by Crippen LogP contribution is 2.37. The van der Waals surface area contributed by atoms with E-state index in [4.69, 9.17) is 0 Å². The van der Waals surface area contributed by atoms with Crippen molar-refractivity contribution in [1.29, 1.82) is 0 Å². The first kappa shape index (κ1) is 11.7. The maximum absolute atomic E-state index is 4.31. The molecule has 1 unspecified atom stereocenters. The van der Waals surface area contributed by atoms with E-state index >= 15 is 0 Å². The molecule has 1 N–H and O–H groups in total. The molecule has 1 aromatic heterocycles. The minimum absolute atomic E-state index is 0.569. The summed E-state index contributed by atoms with van der Waals surface area (Å²) in [6.07, 6.45) is 2.76. The second-order valence-corrected chi connectivity index (χ2v) is 5.78. The number of rotatable bonds is 4. The highest BCUT2D eigenvalue weighted by molar-refractivity contribution is 8.00. The number of thioether (sulfide) groups is 1. The molecule has 0 radical (unpaired) electrons. The van der Waals surface area contributed by atoms with Crippen LogP contribution in [0.4, 0.5) is 0 Å². The van der Waals surface area contributed by atoms with Gasteiger partial charge in [-0.15, -0.1) is 11.8 Å². The Kier molecular flexibility index (Phi) is 3.34. The Morgan fingerprint density at radius 3 is 3.17 bits per heavy atom. The standard InChI is InChI=1S/C13H16N4S/c1-14-7-13-15-9-16-17(13)8-11-6-10-4-2-3-5-12(10)18-11/h2-5,9,11,14H,6-8H2,1H3. The number of hydrogen-bond donors (Lipinski definition) is 1. The van der Waals surface area contributed by atoms with Crippen LogP contribution in [0.2, 0.25) is 0 Å². The van der Waals surface area contributed by atoms with Crippen LogP contribution in [-0.4, -0.2) is 27.1 Å². The predicted molar refractivity (Wildman–Crippen MR) is 72.6 cm³/mol. The third-order valence-corrected chi connectivity index (χ3v) is 4.42. The van der Waals surface area contributed by atoms with E-state index in [-0.39, 0.29) is 0 Å². The highest BCUT2D eigenvalue weighted by atomic mass is 32.2. The fraction of sp³-hybridized carbons (Fsp3) is 0.385. The monoisotopic (exact) mass is 260 g/mol. The zero-order chi connectivity index (χ0) is 12.4. The van der Waals surface area contributed by atoms with Crippen molar-refractivity contribution >= 4 is 11.8 Å². The van der Waals surface area contributed by atoms with E-state index in [1.165, 1.54) is 10.5 Å². The van der Waals surface area contributed by atoms with Gasteiger partial charge in [0.1, 0.15) is 12.2 Å². The van der Waals surface area contributed by atoms with Gasteiger partial charge in [-0.05, 0) is 25.1 Å². The molecule has 5 heteroatoms. The molecule has 0 saturated carbocycles. The number of benzene rings is 1. The summed E-state index contributed by atoms with van der Waals surface area (Å²) in [6.45, 7) is 1.70. The molecule has 3 rings (SSSR count). The van der Waals surface area contributed by atoms with E-state index in [9.17, 15) is 0 Å². The maximum atomic E-state index is 4.31. The molecule has 4 nitrogen and oxygen atoms in total. The normalized spacial score (nSPS) is 17.9. The molecule has 0 aliphatic carbocycles. The maximum Gasteiger partial charge on any atom is 0.140 e. The number of hydrogen-bond acceptors (Lipinski definition) is 4. The molecule has 2 heterocycles. The first-order chi connectivity index (χ1) is 8.86. The van der Waals surface area contributed by atoms with Crippen molar-refractivity contribution in [3.63, 3.8) is 0 Å². The number of fused-ring (bicyclic) bond motifs is 1. The van der Waals surface area contributed by atoms with Crippen LogP contribution < -0.4 is 5.32 Å². The summed E-state index contributed by atoms with van der Waals surface area (Å²) in [4.78, 5) is 5.69. The lowest BCUT2D eigenvalue weighted by molar-refractivity contribution is 0.551. The summed E-state index contributed by atoms with van der Waals surface area (Å²) in [6, 6.07) is 8.65. The van der Waals surface area contributed by atoms with Crippen LogP contribution in [0.1, 0.15) is 11.4 Å². The van der Waals surface area contributed by atoms with E-state index in [2.05, 4.69) is 39.7 Å². The largest absolute Gasteiger partial charge is 0.313 e. The molecule has 0 spiro atoms. The molecule has 0 bridgehead atoms. The fourth-order valence-corrected chi connectivity index (χ4v) is 3.58. The van der Waals surface area contributed by atoms with Crippen molar-refractivity contribution in [2.45, 2.75) is 29.7 Å². The van der Waals surface area contributed by atoms with Crippen molar-refractivity contribution < 1.29 is 0 Å². The molecule has 0 amide bonds. The SMILES string of the molecule is CNCc1ncnn1CC1Cc2ccccc2S1. The van der Waals surface area contributed by atoms with E-state index < -0.39 is 0 Å². The molecule has 0 fully saturated rings. The van der Waals surface area contributed by atoms with E-state index in [1.54, 1.807) is 6.33 Å². The van der Waals surface area contributed by atoms with Crippen LogP contribution >= 0.6 is 11.8 Å². The van der Waals surface area contributed by atoms with Crippen LogP contribution in [0.15, 0.2) is 35.5 Å². The van der Waals surface area contributed by atoms with Crippen molar-refractivity contribution in [2.75, 3.05) is 7.05 Å². The van der Waals surface area contributed by atoms with Gasteiger partial charge in [-0.2, -0.15) is 5.10 Å². The molecular formula is C13H16N4S. The van der Waals surface area contributed by atoms with E-state index in [0.29, 0.717) is 5.25 Å². The van der Waals surface area contributed by atoms with Crippen LogP contribution in [-0.2, 0) is 19.5 Å². The molecule has 0 saturated heterocycles. The number of nitrogens with one attached hydrogen (secondary N) is 1. The summed E-state index contributed by atoms with van der Waals surface area (Å²) in [7, 11) is 1.93. The quantitative estimate of drug-likeness (QED) is 0.909. The molecule has 1 aliphatic rings. The molecule has 18 heavy (non-hydrogen) atoms. The molecule has 1 aliphatic heterocycles. The Morgan fingerprint density at radius 1 is 1.44 bits per heavy atom. The van der Waals surface area contributed by atoms with Gasteiger partial charge in [0.05, 0.1) is 13.1 Å². The Hall–Kier alpha value is -1.33. The zero-order valence-corrected chi connectivity index (χ0v) is 11.2. The molecule has 1 atom stereocenters. The van der Waals surface area contributed by atoms with Crippen molar-refractivity contribution in [3.05, 3.63) is 42.0 Å². The first-order valence-electron chi connectivity index (χ1n) is 6.12. The Labute approximate surface area is 111 Å². The van der Waals surface area contributed by atoms with Gasteiger partial charge in [0.15, 0.2) is 0 Å². The molecular weight excluding hydrogens is 244 g/mol. The van der Waals surface area contributed by atoms with Crippen LogP contribution in [0.3, 0.4) is 0 Å². The van der Waals surface area contributed by atoms with Crippen molar-refractivity contribution in [2.24, 2.45) is 0 Å². The van der Waals surface area contributed by atoms with Gasteiger partial charge in [-0.1, -0.05) is 18.2 Å². The van der Waals surface area contributed by atoms with Gasteiger partial charge in [-0.3, -0.25) is 0 Å². The third-order valence-electron chi connectivity index (χ3n) is 3.12. The molecule has 94 valence electrons. The summed E-state index contributed by atoms with van der Waals surface area (Å²) < 4.78 is 2.01. The minimum Gasteiger partial charge on any atom is -0.313 e. The van der Waals surface area contributed by atoms with Crippen LogP contribution in [0.25, 0.3) is 0 Å².